The molecule has 1 amide bonds. The first-order valence-electron chi connectivity index (χ1n) is 9.57. The Balaban J connectivity index is 1.39. The maximum Gasteiger partial charge on any atom is 0.223 e. The molecule has 0 N–H and O–H groups in total. The number of hydrogen-bond donors (Lipinski definition) is 0. The van der Waals surface area contributed by atoms with Gasteiger partial charge in [-0.1, -0.05) is 60.2 Å². The number of oxazole rings is 1. The molecule has 138 valence electrons. The van der Waals surface area contributed by atoms with Gasteiger partial charge in [-0.05, 0) is 25.3 Å². The summed E-state index contributed by atoms with van der Waals surface area (Å²) in [6.07, 6.45) is 4.79. The molecule has 0 saturated carbocycles. The largest absolute Gasteiger partial charge is 0.441 e. The molecule has 1 aliphatic rings. The van der Waals surface area contributed by atoms with E-state index in [4.69, 9.17) is 4.42 Å². The van der Waals surface area contributed by atoms with Crippen LogP contribution in [0, 0.1) is 6.92 Å². The van der Waals surface area contributed by atoms with Crippen molar-refractivity contribution in [2.75, 3.05) is 6.54 Å². The lowest BCUT2D eigenvalue weighted by molar-refractivity contribution is -0.132. The molecule has 1 unspecified atom stereocenters. The summed E-state index contributed by atoms with van der Waals surface area (Å²) in [5, 5.41) is 0. The molecule has 0 aliphatic carbocycles. The van der Waals surface area contributed by atoms with Gasteiger partial charge in [-0.15, -0.1) is 0 Å². The topological polar surface area (TPSA) is 46.3 Å². The molecule has 4 heteroatoms. The number of amides is 1. The zero-order valence-electron chi connectivity index (χ0n) is 15.6. The van der Waals surface area contributed by atoms with Crippen molar-refractivity contribution in [2.24, 2.45) is 0 Å². The second-order valence-electron chi connectivity index (χ2n) is 7.14. The van der Waals surface area contributed by atoms with Gasteiger partial charge in [0.2, 0.25) is 5.91 Å². The van der Waals surface area contributed by atoms with Gasteiger partial charge in [0.25, 0.3) is 0 Å². The Morgan fingerprint density at radius 2 is 1.93 bits per heavy atom. The summed E-state index contributed by atoms with van der Waals surface area (Å²) in [4.78, 5) is 19.1. The van der Waals surface area contributed by atoms with Crippen molar-refractivity contribution < 1.29 is 9.21 Å². The van der Waals surface area contributed by atoms with Crippen LogP contribution in [-0.4, -0.2) is 22.3 Å². The fourth-order valence-electron chi connectivity index (χ4n) is 3.72. The van der Waals surface area contributed by atoms with Crippen LogP contribution in [0.5, 0.6) is 0 Å². The van der Waals surface area contributed by atoms with Crippen molar-refractivity contribution in [3.8, 4) is 11.3 Å². The number of likely N-dealkylation sites (tertiary alicyclic amines) is 1. The lowest BCUT2D eigenvalue weighted by atomic mass is 10.0. The van der Waals surface area contributed by atoms with Gasteiger partial charge in [0.05, 0.1) is 12.2 Å². The smallest absolute Gasteiger partial charge is 0.223 e. The second-order valence-corrected chi connectivity index (χ2v) is 7.14. The number of benzene rings is 2. The molecule has 0 bridgehead atoms. The summed E-state index contributed by atoms with van der Waals surface area (Å²) < 4.78 is 5.85. The minimum absolute atomic E-state index is 0.177. The Kier molecular flexibility index (Phi) is 5.05. The number of aryl methyl sites for hydroxylation is 2. The van der Waals surface area contributed by atoms with Gasteiger partial charge in [-0.25, -0.2) is 4.98 Å². The number of nitrogens with zero attached hydrogens (tertiary/aromatic N) is 2. The van der Waals surface area contributed by atoms with Crippen molar-refractivity contribution in [2.45, 2.75) is 38.6 Å². The van der Waals surface area contributed by atoms with Crippen LogP contribution < -0.4 is 0 Å². The highest BCUT2D eigenvalue weighted by molar-refractivity contribution is 5.77. The van der Waals surface area contributed by atoms with Gasteiger partial charge in [0.1, 0.15) is 0 Å². The molecule has 2 aromatic carbocycles. The van der Waals surface area contributed by atoms with Crippen molar-refractivity contribution in [3.63, 3.8) is 0 Å². The van der Waals surface area contributed by atoms with Crippen LogP contribution in [-0.2, 0) is 11.2 Å². The Morgan fingerprint density at radius 3 is 2.70 bits per heavy atom. The maximum atomic E-state index is 12.8. The highest BCUT2D eigenvalue weighted by Gasteiger charge is 2.29. The first-order valence-corrected chi connectivity index (χ1v) is 9.57. The number of carbonyl (C=O) groups excluding carboxylic acids is 1. The first-order chi connectivity index (χ1) is 13.2. The Labute approximate surface area is 159 Å². The molecular weight excluding hydrogens is 336 g/mol. The number of aromatic nitrogens is 1. The number of hydrogen-bond acceptors (Lipinski definition) is 3. The Hall–Kier alpha value is -2.88. The predicted molar refractivity (Wildman–Crippen MR) is 105 cm³/mol. The van der Waals surface area contributed by atoms with E-state index in [2.05, 4.69) is 36.2 Å². The van der Waals surface area contributed by atoms with Crippen LogP contribution in [0.3, 0.4) is 0 Å². The molecule has 0 spiro atoms. The van der Waals surface area contributed by atoms with E-state index in [0.717, 1.165) is 30.7 Å². The number of carbonyl (C=O) groups is 1. The predicted octanol–water partition coefficient (Wildman–Crippen LogP) is 4.95. The summed E-state index contributed by atoms with van der Waals surface area (Å²) in [7, 11) is 0. The van der Waals surface area contributed by atoms with E-state index in [1.807, 2.05) is 35.2 Å². The molecule has 3 aromatic rings. The van der Waals surface area contributed by atoms with Gasteiger partial charge < -0.3 is 9.32 Å². The summed E-state index contributed by atoms with van der Waals surface area (Å²) in [6, 6.07) is 18.7. The molecule has 4 rings (SSSR count). The molecular formula is C23H24N2O2. The molecule has 1 atom stereocenters. The summed E-state index contributed by atoms with van der Waals surface area (Å²) in [5.74, 6) is 1.55. The molecule has 1 saturated heterocycles. The third kappa shape index (κ3) is 3.95. The maximum absolute atomic E-state index is 12.8. The first kappa shape index (κ1) is 17.5. The van der Waals surface area contributed by atoms with Crippen LogP contribution in [0.25, 0.3) is 11.3 Å². The van der Waals surface area contributed by atoms with E-state index in [1.54, 1.807) is 6.20 Å². The van der Waals surface area contributed by atoms with Crippen molar-refractivity contribution in [3.05, 3.63) is 77.8 Å². The Morgan fingerprint density at radius 1 is 1.15 bits per heavy atom. The van der Waals surface area contributed by atoms with Crippen LogP contribution >= 0.6 is 0 Å². The average molecular weight is 360 g/mol. The summed E-state index contributed by atoms with van der Waals surface area (Å²) in [6.45, 7) is 2.89. The van der Waals surface area contributed by atoms with Gasteiger partial charge in [0.15, 0.2) is 11.7 Å². The van der Waals surface area contributed by atoms with E-state index < -0.39 is 0 Å². The quantitative estimate of drug-likeness (QED) is 0.647. The van der Waals surface area contributed by atoms with Gasteiger partial charge in [-0.3, -0.25) is 4.79 Å². The SMILES string of the molecule is Cc1ccc(-c2cnc(CCC(=O)N3CCCC3c3ccccc3)o2)cc1. The van der Waals surface area contributed by atoms with Gasteiger partial charge in [-0.2, -0.15) is 0 Å². The minimum Gasteiger partial charge on any atom is -0.441 e. The highest BCUT2D eigenvalue weighted by Crippen LogP contribution is 2.32. The van der Waals surface area contributed by atoms with E-state index in [9.17, 15) is 4.79 Å². The fourth-order valence-corrected chi connectivity index (χ4v) is 3.72. The monoisotopic (exact) mass is 360 g/mol. The van der Waals surface area contributed by atoms with Crippen LogP contribution in [0.1, 0.15) is 42.3 Å². The third-order valence-electron chi connectivity index (χ3n) is 5.20. The standard InChI is InChI=1S/C23H24N2O2/c1-17-9-11-19(12-10-17)21-16-24-22(27-21)13-14-23(26)25-15-5-8-20(25)18-6-3-2-4-7-18/h2-4,6-7,9-12,16,20H,5,8,13-15H2,1H3. The van der Waals surface area contributed by atoms with Crippen LogP contribution in [0.15, 0.2) is 65.2 Å². The molecule has 1 fully saturated rings. The summed E-state index contributed by atoms with van der Waals surface area (Å²) >= 11 is 0. The third-order valence-corrected chi connectivity index (χ3v) is 5.20. The minimum atomic E-state index is 0.177. The van der Waals surface area contributed by atoms with Crippen molar-refractivity contribution in [1.82, 2.24) is 9.88 Å². The lowest BCUT2D eigenvalue weighted by Crippen LogP contribution is -2.30. The zero-order chi connectivity index (χ0) is 18.6. The molecule has 27 heavy (non-hydrogen) atoms. The zero-order valence-corrected chi connectivity index (χ0v) is 15.6. The second kappa shape index (κ2) is 7.78. The van der Waals surface area contributed by atoms with Crippen LogP contribution in [0.4, 0.5) is 0 Å². The van der Waals surface area contributed by atoms with Crippen LogP contribution in [0.2, 0.25) is 0 Å². The van der Waals surface area contributed by atoms with E-state index in [-0.39, 0.29) is 11.9 Å². The van der Waals surface area contributed by atoms with E-state index in [0.29, 0.717) is 18.7 Å². The van der Waals surface area contributed by atoms with Crippen molar-refractivity contribution in [1.29, 1.82) is 0 Å². The number of rotatable bonds is 5. The van der Waals surface area contributed by atoms with Crippen molar-refractivity contribution >= 4 is 5.91 Å². The molecule has 0 radical (unpaired) electrons. The molecule has 2 heterocycles. The highest BCUT2D eigenvalue weighted by atomic mass is 16.4. The average Bonchev–Trinajstić information content (AvgIpc) is 3.37. The van der Waals surface area contributed by atoms with Gasteiger partial charge >= 0.3 is 0 Å². The molecule has 1 aliphatic heterocycles. The molecule has 4 nitrogen and oxygen atoms in total. The lowest BCUT2D eigenvalue weighted by Gasteiger charge is -2.25. The summed E-state index contributed by atoms with van der Waals surface area (Å²) in [5.41, 5.74) is 3.44. The normalized spacial score (nSPS) is 16.6. The fraction of sp³-hybridized carbons (Fsp3) is 0.304. The Bertz CT molecular complexity index is 900. The van der Waals surface area contributed by atoms with Gasteiger partial charge in [0, 0.05) is 24.9 Å². The van der Waals surface area contributed by atoms with E-state index in [1.165, 1.54) is 11.1 Å². The van der Waals surface area contributed by atoms with E-state index >= 15 is 0 Å². The molecule has 1 aromatic heterocycles.